The Bertz CT molecular complexity index is 489. The first-order valence-corrected chi connectivity index (χ1v) is 4.30. The second-order valence-electron chi connectivity index (χ2n) is 3.08. The minimum atomic E-state index is -0.434. The largest absolute Gasteiger partial charge is 0.269 e. The predicted octanol–water partition coefficient (Wildman–Crippen LogP) is 1.48. The summed E-state index contributed by atoms with van der Waals surface area (Å²) in [6.07, 6.45) is 1.75. The highest BCUT2D eigenvalue weighted by atomic mass is 16.6. The zero-order valence-electron chi connectivity index (χ0n) is 7.99. The van der Waals surface area contributed by atoms with Gasteiger partial charge in [-0.05, 0) is 19.1 Å². The molecule has 6 heteroatoms. The van der Waals surface area contributed by atoms with E-state index in [4.69, 9.17) is 0 Å². The summed E-state index contributed by atoms with van der Waals surface area (Å²) in [6.45, 7) is 1.83. The first kappa shape index (κ1) is 9.32. The molecule has 15 heavy (non-hydrogen) atoms. The van der Waals surface area contributed by atoms with E-state index in [9.17, 15) is 10.1 Å². The highest BCUT2D eigenvalue weighted by molar-refractivity contribution is 5.40. The number of hydrogen-bond donors (Lipinski definition) is 0. The van der Waals surface area contributed by atoms with Gasteiger partial charge in [-0.1, -0.05) is 5.21 Å². The number of nitrogens with zero attached hydrogens (tertiary/aromatic N) is 4. The van der Waals surface area contributed by atoms with Crippen molar-refractivity contribution in [2.45, 2.75) is 6.92 Å². The maximum Gasteiger partial charge on any atom is 0.269 e. The Morgan fingerprint density at radius 3 is 2.47 bits per heavy atom. The van der Waals surface area contributed by atoms with Crippen LogP contribution < -0.4 is 0 Å². The molecule has 0 aliphatic heterocycles. The van der Waals surface area contributed by atoms with Gasteiger partial charge in [0, 0.05) is 12.1 Å². The molecule has 0 saturated heterocycles. The first-order chi connectivity index (χ1) is 7.16. The fourth-order valence-corrected chi connectivity index (χ4v) is 1.20. The maximum atomic E-state index is 10.4. The van der Waals surface area contributed by atoms with Gasteiger partial charge in [-0.3, -0.25) is 10.1 Å². The Morgan fingerprint density at radius 2 is 2.00 bits per heavy atom. The van der Waals surface area contributed by atoms with Crippen LogP contribution in [0.1, 0.15) is 5.69 Å². The van der Waals surface area contributed by atoms with Gasteiger partial charge in [-0.25, -0.2) is 4.68 Å². The molecule has 0 bridgehead atoms. The third-order valence-electron chi connectivity index (χ3n) is 1.93. The number of nitro benzene ring substituents is 1. The minimum absolute atomic E-state index is 0.0654. The standard InChI is InChI=1S/C9H8N4O2/c1-7-6-12(11-10-7)8-2-4-9(5-3-8)13(14)15/h2-6H,1H3. The van der Waals surface area contributed by atoms with E-state index < -0.39 is 4.92 Å². The number of aromatic nitrogens is 3. The van der Waals surface area contributed by atoms with Gasteiger partial charge in [0.1, 0.15) is 0 Å². The van der Waals surface area contributed by atoms with E-state index in [1.54, 1.807) is 23.0 Å². The van der Waals surface area contributed by atoms with Crippen LogP contribution in [-0.4, -0.2) is 19.9 Å². The molecule has 0 aliphatic rings. The monoisotopic (exact) mass is 204 g/mol. The number of benzene rings is 1. The molecule has 0 fully saturated rings. The number of nitro groups is 1. The average Bonchev–Trinajstić information content (AvgIpc) is 2.65. The molecule has 0 saturated carbocycles. The number of hydrogen-bond acceptors (Lipinski definition) is 4. The Balaban J connectivity index is 2.35. The normalized spacial score (nSPS) is 10.2. The van der Waals surface area contributed by atoms with E-state index in [1.807, 2.05) is 6.92 Å². The summed E-state index contributed by atoms with van der Waals surface area (Å²) in [5.41, 5.74) is 1.62. The van der Waals surface area contributed by atoms with Crippen LogP contribution >= 0.6 is 0 Å². The quantitative estimate of drug-likeness (QED) is 0.548. The van der Waals surface area contributed by atoms with E-state index in [-0.39, 0.29) is 5.69 Å². The Kier molecular flexibility index (Phi) is 2.17. The van der Waals surface area contributed by atoms with E-state index in [1.165, 1.54) is 12.1 Å². The van der Waals surface area contributed by atoms with Gasteiger partial charge in [0.05, 0.1) is 22.5 Å². The van der Waals surface area contributed by atoms with E-state index in [0.29, 0.717) is 0 Å². The molecule has 1 aromatic carbocycles. The van der Waals surface area contributed by atoms with Crippen molar-refractivity contribution in [3.05, 3.63) is 46.3 Å². The minimum Gasteiger partial charge on any atom is -0.258 e. The molecular weight excluding hydrogens is 196 g/mol. The molecular formula is C9H8N4O2. The van der Waals surface area contributed by atoms with E-state index in [2.05, 4.69) is 10.3 Å². The second kappa shape index (κ2) is 3.49. The lowest BCUT2D eigenvalue weighted by molar-refractivity contribution is -0.384. The van der Waals surface area contributed by atoms with Crippen molar-refractivity contribution in [3.63, 3.8) is 0 Å². The van der Waals surface area contributed by atoms with Gasteiger partial charge in [0.15, 0.2) is 0 Å². The van der Waals surface area contributed by atoms with Crippen LogP contribution in [0.4, 0.5) is 5.69 Å². The van der Waals surface area contributed by atoms with E-state index >= 15 is 0 Å². The summed E-state index contributed by atoms with van der Waals surface area (Å²) < 4.78 is 1.57. The highest BCUT2D eigenvalue weighted by Gasteiger charge is 2.05. The molecule has 0 radical (unpaired) electrons. The van der Waals surface area contributed by atoms with Crippen LogP contribution in [0.2, 0.25) is 0 Å². The Hall–Kier alpha value is -2.24. The molecule has 0 amide bonds. The molecule has 6 nitrogen and oxygen atoms in total. The van der Waals surface area contributed by atoms with Crippen LogP contribution in [0, 0.1) is 17.0 Å². The predicted molar refractivity (Wildman–Crippen MR) is 52.8 cm³/mol. The Labute approximate surface area is 85.3 Å². The van der Waals surface area contributed by atoms with Gasteiger partial charge < -0.3 is 0 Å². The van der Waals surface area contributed by atoms with Crippen LogP contribution in [-0.2, 0) is 0 Å². The molecule has 1 heterocycles. The molecule has 0 atom stereocenters. The molecule has 0 unspecified atom stereocenters. The summed E-state index contributed by atoms with van der Waals surface area (Å²) in [6, 6.07) is 6.14. The van der Waals surface area contributed by atoms with Crippen molar-refractivity contribution in [2.24, 2.45) is 0 Å². The number of non-ortho nitro benzene ring substituents is 1. The van der Waals surface area contributed by atoms with Crippen molar-refractivity contribution < 1.29 is 4.92 Å². The molecule has 0 aliphatic carbocycles. The highest BCUT2D eigenvalue weighted by Crippen LogP contribution is 2.14. The van der Waals surface area contributed by atoms with Crippen molar-refractivity contribution in [1.29, 1.82) is 0 Å². The number of rotatable bonds is 2. The zero-order valence-corrected chi connectivity index (χ0v) is 7.99. The fraction of sp³-hybridized carbons (Fsp3) is 0.111. The molecule has 2 rings (SSSR count). The van der Waals surface area contributed by atoms with Crippen molar-refractivity contribution in [1.82, 2.24) is 15.0 Å². The topological polar surface area (TPSA) is 73.8 Å². The summed E-state index contributed by atoms with van der Waals surface area (Å²) in [5.74, 6) is 0. The lowest BCUT2D eigenvalue weighted by Crippen LogP contribution is -1.95. The average molecular weight is 204 g/mol. The second-order valence-corrected chi connectivity index (χ2v) is 3.08. The van der Waals surface area contributed by atoms with Crippen molar-refractivity contribution >= 4 is 5.69 Å². The third kappa shape index (κ3) is 1.83. The lowest BCUT2D eigenvalue weighted by Gasteiger charge is -1.98. The van der Waals surface area contributed by atoms with E-state index in [0.717, 1.165) is 11.4 Å². The number of aryl methyl sites for hydroxylation is 1. The lowest BCUT2D eigenvalue weighted by atomic mass is 10.3. The van der Waals surface area contributed by atoms with Crippen LogP contribution in [0.3, 0.4) is 0 Å². The summed E-state index contributed by atoms with van der Waals surface area (Å²) in [4.78, 5) is 9.99. The van der Waals surface area contributed by atoms with Crippen molar-refractivity contribution in [3.8, 4) is 5.69 Å². The van der Waals surface area contributed by atoms with Crippen molar-refractivity contribution in [2.75, 3.05) is 0 Å². The summed E-state index contributed by atoms with van der Waals surface area (Å²) in [7, 11) is 0. The van der Waals surface area contributed by atoms with Gasteiger partial charge in [-0.15, -0.1) is 5.10 Å². The molecule has 2 aromatic rings. The van der Waals surface area contributed by atoms with Gasteiger partial charge in [-0.2, -0.15) is 0 Å². The smallest absolute Gasteiger partial charge is 0.258 e. The molecule has 1 aromatic heterocycles. The first-order valence-electron chi connectivity index (χ1n) is 4.30. The van der Waals surface area contributed by atoms with Gasteiger partial charge in [0.2, 0.25) is 0 Å². The third-order valence-corrected chi connectivity index (χ3v) is 1.93. The van der Waals surface area contributed by atoms with Gasteiger partial charge >= 0.3 is 0 Å². The fourth-order valence-electron chi connectivity index (χ4n) is 1.20. The van der Waals surface area contributed by atoms with Crippen LogP contribution in [0.25, 0.3) is 5.69 Å². The SMILES string of the molecule is Cc1cn(-c2ccc([N+](=O)[O-])cc2)nn1. The van der Waals surface area contributed by atoms with Crippen LogP contribution in [0.5, 0.6) is 0 Å². The summed E-state index contributed by atoms with van der Waals surface area (Å²) >= 11 is 0. The molecule has 0 N–H and O–H groups in total. The summed E-state index contributed by atoms with van der Waals surface area (Å²) in [5, 5.41) is 18.1. The zero-order chi connectivity index (χ0) is 10.8. The van der Waals surface area contributed by atoms with Gasteiger partial charge in [0.25, 0.3) is 5.69 Å². The Morgan fingerprint density at radius 1 is 1.33 bits per heavy atom. The maximum absolute atomic E-state index is 10.4. The molecule has 76 valence electrons. The van der Waals surface area contributed by atoms with Crippen LogP contribution in [0.15, 0.2) is 30.5 Å². The molecule has 0 spiro atoms.